The van der Waals surface area contributed by atoms with Crippen LogP contribution in [0, 0.1) is 11.8 Å². The predicted octanol–water partition coefficient (Wildman–Crippen LogP) is 2.39. The second-order valence-corrected chi connectivity index (χ2v) is 7.20. The van der Waals surface area contributed by atoms with Crippen molar-refractivity contribution in [2.75, 3.05) is 25.1 Å². The van der Waals surface area contributed by atoms with Crippen molar-refractivity contribution < 1.29 is 23.9 Å². The average molecular weight is 391 g/mol. The Morgan fingerprint density at radius 2 is 1.67 bits per heavy atom. The third-order valence-corrected chi connectivity index (χ3v) is 5.32. The molecule has 0 unspecified atom stereocenters. The van der Waals surface area contributed by atoms with Gasteiger partial charge in [0.05, 0.1) is 35.8 Å². The van der Waals surface area contributed by atoms with Crippen molar-refractivity contribution in [1.29, 1.82) is 0 Å². The number of allylic oxidation sites excluding steroid dienone is 2. The van der Waals surface area contributed by atoms with Crippen molar-refractivity contribution in [3.05, 3.63) is 29.3 Å². The van der Waals surface area contributed by atoms with Crippen LogP contribution < -0.4 is 14.8 Å². The van der Waals surface area contributed by atoms with Gasteiger partial charge in [0.1, 0.15) is 6.54 Å². The third-order valence-electron chi connectivity index (χ3n) is 5.01. The van der Waals surface area contributed by atoms with Gasteiger partial charge < -0.3 is 14.8 Å². The summed E-state index contributed by atoms with van der Waals surface area (Å²) >= 11 is 6.23. The minimum absolute atomic E-state index is 0.283. The molecule has 27 heavy (non-hydrogen) atoms. The molecule has 142 valence electrons. The van der Waals surface area contributed by atoms with Gasteiger partial charge in [-0.05, 0) is 12.8 Å². The minimum atomic E-state index is -0.486. The van der Waals surface area contributed by atoms with E-state index in [2.05, 4.69) is 5.32 Å². The zero-order chi connectivity index (χ0) is 19.0. The van der Waals surface area contributed by atoms with Crippen LogP contribution in [0.5, 0.6) is 11.5 Å². The van der Waals surface area contributed by atoms with Crippen LogP contribution in [0.4, 0.5) is 5.69 Å². The maximum Gasteiger partial charge on any atom is 0.244 e. The highest BCUT2D eigenvalue weighted by molar-refractivity contribution is 6.34. The van der Waals surface area contributed by atoms with Gasteiger partial charge in [-0.2, -0.15) is 0 Å². The van der Waals surface area contributed by atoms with Crippen LogP contribution in [0.2, 0.25) is 5.02 Å². The summed E-state index contributed by atoms with van der Waals surface area (Å²) in [5.41, 5.74) is 0.351. The summed E-state index contributed by atoms with van der Waals surface area (Å²) in [4.78, 5) is 38.4. The number of imide groups is 1. The topological polar surface area (TPSA) is 84.9 Å². The van der Waals surface area contributed by atoms with Crippen LogP contribution in [0.15, 0.2) is 24.3 Å². The number of nitrogens with one attached hydrogen (secondary N) is 1. The molecule has 2 atom stereocenters. The molecule has 1 aromatic rings. The molecule has 7 nitrogen and oxygen atoms in total. The maximum atomic E-state index is 12.5. The zero-order valence-electron chi connectivity index (χ0n) is 14.6. The molecular formula is C19H19ClN2O5. The highest BCUT2D eigenvalue weighted by Crippen LogP contribution is 2.38. The van der Waals surface area contributed by atoms with Crippen molar-refractivity contribution >= 4 is 35.0 Å². The lowest BCUT2D eigenvalue weighted by molar-refractivity contribution is -0.142. The number of hydrogen-bond acceptors (Lipinski definition) is 5. The molecule has 0 saturated carbocycles. The molecule has 4 rings (SSSR count). The second-order valence-electron chi connectivity index (χ2n) is 6.80. The number of nitrogens with zero attached hydrogens (tertiary/aromatic N) is 1. The number of rotatable bonds is 3. The fourth-order valence-electron chi connectivity index (χ4n) is 3.64. The SMILES string of the molecule is O=C(CN1C(=O)[C@H]2CC=CC[C@@H]2C1=O)Nc1cc2c(cc1Cl)OCCCO2. The van der Waals surface area contributed by atoms with Gasteiger partial charge in [-0.15, -0.1) is 0 Å². The van der Waals surface area contributed by atoms with Crippen LogP contribution in [-0.2, 0) is 14.4 Å². The van der Waals surface area contributed by atoms with Gasteiger partial charge >= 0.3 is 0 Å². The Bertz CT molecular complexity index is 812. The molecule has 8 heteroatoms. The van der Waals surface area contributed by atoms with E-state index in [1.807, 2.05) is 12.2 Å². The number of carbonyl (C=O) groups excluding carboxylic acids is 3. The summed E-state index contributed by atoms with van der Waals surface area (Å²) < 4.78 is 11.2. The van der Waals surface area contributed by atoms with E-state index in [-0.39, 0.29) is 30.2 Å². The van der Waals surface area contributed by atoms with Gasteiger partial charge in [0, 0.05) is 18.6 Å². The van der Waals surface area contributed by atoms with E-state index in [0.29, 0.717) is 48.3 Å². The standard InChI is InChI=1S/C19H19ClN2O5/c20-13-8-15-16(27-7-3-6-26-15)9-14(13)21-17(23)10-22-18(24)11-4-1-2-5-12(11)19(22)25/h1-2,8-9,11-12H,3-7,10H2,(H,21,23)/t11-,12-/m0/s1. The van der Waals surface area contributed by atoms with Crippen molar-refractivity contribution in [2.45, 2.75) is 19.3 Å². The molecule has 2 aliphatic heterocycles. The first-order valence-corrected chi connectivity index (χ1v) is 9.31. The molecule has 3 amide bonds. The molecule has 0 spiro atoms. The summed E-state index contributed by atoms with van der Waals surface area (Å²) in [6.45, 7) is 0.719. The summed E-state index contributed by atoms with van der Waals surface area (Å²) in [5.74, 6) is -0.730. The number of halogens is 1. The van der Waals surface area contributed by atoms with E-state index in [1.165, 1.54) is 0 Å². The number of anilines is 1. The molecule has 0 radical (unpaired) electrons. The van der Waals surface area contributed by atoms with Crippen LogP contribution in [0.25, 0.3) is 0 Å². The maximum absolute atomic E-state index is 12.5. The van der Waals surface area contributed by atoms with Crippen molar-refractivity contribution in [1.82, 2.24) is 4.90 Å². The van der Waals surface area contributed by atoms with Gasteiger partial charge in [-0.3, -0.25) is 19.3 Å². The molecule has 0 aromatic heterocycles. The van der Waals surface area contributed by atoms with E-state index in [9.17, 15) is 14.4 Å². The van der Waals surface area contributed by atoms with Gasteiger partial charge in [-0.25, -0.2) is 0 Å². The largest absolute Gasteiger partial charge is 0.490 e. The monoisotopic (exact) mass is 390 g/mol. The summed E-state index contributed by atoms with van der Waals surface area (Å²) in [5, 5.41) is 2.96. The fraction of sp³-hybridized carbons (Fsp3) is 0.421. The molecule has 1 aromatic carbocycles. The first-order chi connectivity index (χ1) is 13.0. The molecule has 1 N–H and O–H groups in total. The van der Waals surface area contributed by atoms with Crippen LogP contribution in [0.3, 0.4) is 0 Å². The van der Waals surface area contributed by atoms with Gasteiger partial charge in [-0.1, -0.05) is 23.8 Å². The summed E-state index contributed by atoms with van der Waals surface area (Å²) in [6, 6.07) is 3.18. The first-order valence-electron chi connectivity index (χ1n) is 8.94. The van der Waals surface area contributed by atoms with Crippen molar-refractivity contribution in [3.63, 3.8) is 0 Å². The molecular weight excluding hydrogens is 372 g/mol. The van der Waals surface area contributed by atoms with Gasteiger partial charge in [0.2, 0.25) is 17.7 Å². The number of likely N-dealkylation sites (tertiary alicyclic amines) is 1. The quantitative estimate of drug-likeness (QED) is 0.632. The number of hydrogen-bond donors (Lipinski definition) is 1. The minimum Gasteiger partial charge on any atom is -0.490 e. The number of ether oxygens (including phenoxy) is 2. The van der Waals surface area contributed by atoms with E-state index in [0.717, 1.165) is 11.3 Å². The van der Waals surface area contributed by atoms with E-state index < -0.39 is 5.91 Å². The molecule has 0 bridgehead atoms. The van der Waals surface area contributed by atoms with Crippen LogP contribution >= 0.6 is 11.6 Å². The van der Waals surface area contributed by atoms with E-state index in [1.54, 1.807) is 12.1 Å². The lowest BCUT2D eigenvalue weighted by Gasteiger charge is -2.16. The third kappa shape index (κ3) is 3.39. The molecule has 1 saturated heterocycles. The lowest BCUT2D eigenvalue weighted by atomic mass is 9.85. The molecule has 2 heterocycles. The Morgan fingerprint density at radius 1 is 1.07 bits per heavy atom. The molecule has 3 aliphatic rings. The summed E-state index contributed by atoms with van der Waals surface area (Å²) in [7, 11) is 0. The highest BCUT2D eigenvalue weighted by atomic mass is 35.5. The Morgan fingerprint density at radius 3 is 2.30 bits per heavy atom. The summed E-state index contributed by atoms with van der Waals surface area (Å²) in [6.07, 6.45) is 5.66. The van der Waals surface area contributed by atoms with E-state index in [4.69, 9.17) is 21.1 Å². The average Bonchev–Trinajstić information content (AvgIpc) is 2.81. The van der Waals surface area contributed by atoms with Crippen molar-refractivity contribution in [3.8, 4) is 11.5 Å². The van der Waals surface area contributed by atoms with Gasteiger partial charge in [0.15, 0.2) is 11.5 Å². The first kappa shape index (κ1) is 17.9. The fourth-order valence-corrected chi connectivity index (χ4v) is 3.84. The Hall–Kier alpha value is -2.54. The van der Waals surface area contributed by atoms with Crippen molar-refractivity contribution in [2.24, 2.45) is 11.8 Å². The lowest BCUT2D eigenvalue weighted by Crippen LogP contribution is -2.38. The highest BCUT2D eigenvalue weighted by Gasteiger charge is 2.47. The number of carbonyl (C=O) groups is 3. The van der Waals surface area contributed by atoms with Crippen LogP contribution in [-0.4, -0.2) is 42.4 Å². The zero-order valence-corrected chi connectivity index (χ0v) is 15.3. The normalized spacial score (nSPS) is 23.8. The number of fused-ring (bicyclic) bond motifs is 2. The number of benzene rings is 1. The van der Waals surface area contributed by atoms with Crippen LogP contribution in [0.1, 0.15) is 19.3 Å². The smallest absolute Gasteiger partial charge is 0.244 e. The molecule has 1 aliphatic carbocycles. The van der Waals surface area contributed by atoms with Gasteiger partial charge in [0.25, 0.3) is 0 Å². The van der Waals surface area contributed by atoms with E-state index >= 15 is 0 Å². The predicted molar refractivity (Wildman–Crippen MR) is 97.8 cm³/mol. The number of amides is 3. The second kappa shape index (κ2) is 7.23. The Kier molecular flexibility index (Phi) is 4.78. The molecule has 1 fully saturated rings. The Labute approximate surface area is 161 Å². The Balaban J connectivity index is 1.46.